The fraction of sp³-hybridized carbons (Fsp3) is 0.667. The van der Waals surface area contributed by atoms with Gasteiger partial charge in [-0.05, 0) is 37.7 Å². The highest BCUT2D eigenvalue weighted by Crippen LogP contribution is 2.38. The van der Waals surface area contributed by atoms with E-state index in [1.807, 2.05) is 12.3 Å². The van der Waals surface area contributed by atoms with E-state index in [0.29, 0.717) is 11.9 Å². The molecule has 3 rings (SSSR count). The van der Waals surface area contributed by atoms with Crippen LogP contribution in [0.2, 0.25) is 0 Å². The predicted octanol–water partition coefficient (Wildman–Crippen LogP) is 3.98. The highest BCUT2D eigenvalue weighted by molar-refractivity contribution is 6.17. The van der Waals surface area contributed by atoms with Crippen LogP contribution in [0.5, 0.6) is 0 Å². The van der Waals surface area contributed by atoms with Crippen molar-refractivity contribution in [1.82, 2.24) is 4.98 Å². The van der Waals surface area contributed by atoms with E-state index in [4.69, 9.17) is 11.6 Å². The van der Waals surface area contributed by atoms with Crippen molar-refractivity contribution in [3.63, 3.8) is 0 Å². The molecular weight excluding hydrogens is 244 g/mol. The molecule has 0 spiro atoms. The van der Waals surface area contributed by atoms with Crippen LogP contribution in [0.25, 0.3) is 0 Å². The Hall–Kier alpha value is -0.760. The van der Waals surface area contributed by atoms with Gasteiger partial charge in [0.1, 0.15) is 5.82 Å². The number of anilines is 1. The summed E-state index contributed by atoms with van der Waals surface area (Å²) in [5.74, 6) is 2.60. The van der Waals surface area contributed by atoms with Gasteiger partial charge >= 0.3 is 0 Å². The molecule has 2 atom stereocenters. The van der Waals surface area contributed by atoms with Crippen LogP contribution in [0.3, 0.4) is 0 Å². The Labute approximate surface area is 114 Å². The monoisotopic (exact) mass is 264 g/mol. The van der Waals surface area contributed by atoms with Gasteiger partial charge in [-0.3, -0.25) is 0 Å². The molecule has 3 heteroatoms. The minimum Gasteiger partial charge on any atom is -0.353 e. The lowest BCUT2D eigenvalue weighted by Gasteiger charge is -2.45. The average molecular weight is 265 g/mol. The van der Waals surface area contributed by atoms with E-state index in [1.165, 1.54) is 44.1 Å². The van der Waals surface area contributed by atoms with Crippen molar-refractivity contribution < 1.29 is 0 Å². The van der Waals surface area contributed by atoms with Crippen LogP contribution in [-0.2, 0) is 5.88 Å². The first-order valence-electron chi connectivity index (χ1n) is 7.16. The third-order valence-corrected chi connectivity index (χ3v) is 4.81. The topological polar surface area (TPSA) is 16.1 Å². The Morgan fingerprint density at radius 3 is 2.94 bits per heavy atom. The molecule has 2 fully saturated rings. The zero-order chi connectivity index (χ0) is 12.4. The van der Waals surface area contributed by atoms with Crippen molar-refractivity contribution in [1.29, 1.82) is 0 Å². The molecule has 1 aliphatic heterocycles. The first kappa shape index (κ1) is 12.3. The molecule has 2 heterocycles. The van der Waals surface area contributed by atoms with Crippen LogP contribution in [-0.4, -0.2) is 17.6 Å². The first-order chi connectivity index (χ1) is 8.90. The summed E-state index contributed by atoms with van der Waals surface area (Å²) in [6.07, 6.45) is 10.1. The third-order valence-electron chi connectivity index (χ3n) is 4.53. The van der Waals surface area contributed by atoms with Crippen LogP contribution < -0.4 is 4.90 Å². The standard InChI is InChI=1S/C15H21ClN2/c16-11-13-6-3-9-17-15(13)18-10-4-7-12-5-1-2-8-14(12)18/h3,6,9,12,14H,1-2,4-5,7-8,10-11H2. The number of fused-ring (bicyclic) bond motifs is 1. The van der Waals surface area contributed by atoms with Crippen molar-refractivity contribution in [3.05, 3.63) is 23.9 Å². The summed E-state index contributed by atoms with van der Waals surface area (Å²) in [6.45, 7) is 1.15. The fourth-order valence-corrected chi connectivity index (χ4v) is 3.89. The first-order valence-corrected chi connectivity index (χ1v) is 7.70. The Morgan fingerprint density at radius 1 is 1.22 bits per heavy atom. The van der Waals surface area contributed by atoms with Crippen LogP contribution in [0, 0.1) is 5.92 Å². The minimum absolute atomic E-state index is 0.567. The number of halogens is 1. The molecule has 2 aliphatic rings. The summed E-state index contributed by atoms with van der Waals surface area (Å²) in [5.41, 5.74) is 1.19. The number of hydrogen-bond acceptors (Lipinski definition) is 2. The van der Waals surface area contributed by atoms with Gasteiger partial charge in [-0.25, -0.2) is 4.98 Å². The quantitative estimate of drug-likeness (QED) is 0.751. The van der Waals surface area contributed by atoms with Gasteiger partial charge in [0, 0.05) is 24.3 Å². The van der Waals surface area contributed by atoms with Crippen molar-refractivity contribution in [2.45, 2.75) is 50.4 Å². The molecule has 1 saturated carbocycles. The van der Waals surface area contributed by atoms with Crippen LogP contribution in [0.15, 0.2) is 18.3 Å². The zero-order valence-corrected chi connectivity index (χ0v) is 11.6. The van der Waals surface area contributed by atoms with Gasteiger partial charge in [-0.15, -0.1) is 11.6 Å². The van der Waals surface area contributed by atoms with Crippen molar-refractivity contribution in [2.75, 3.05) is 11.4 Å². The van der Waals surface area contributed by atoms with Gasteiger partial charge in [0.05, 0.1) is 5.88 Å². The lowest BCUT2D eigenvalue weighted by molar-refractivity contribution is 0.242. The highest BCUT2D eigenvalue weighted by atomic mass is 35.5. The molecule has 0 bridgehead atoms. The second-order valence-electron chi connectivity index (χ2n) is 5.57. The maximum atomic E-state index is 6.06. The van der Waals surface area contributed by atoms with E-state index >= 15 is 0 Å². The smallest absolute Gasteiger partial charge is 0.133 e. The van der Waals surface area contributed by atoms with Gasteiger partial charge in [0.2, 0.25) is 0 Å². The number of alkyl halides is 1. The lowest BCUT2D eigenvalue weighted by atomic mass is 9.78. The van der Waals surface area contributed by atoms with Gasteiger partial charge in [-0.2, -0.15) is 0 Å². The zero-order valence-electron chi connectivity index (χ0n) is 10.8. The number of nitrogens with zero attached hydrogens (tertiary/aromatic N) is 2. The van der Waals surface area contributed by atoms with Gasteiger partial charge < -0.3 is 4.90 Å². The summed E-state index contributed by atoms with van der Waals surface area (Å²) < 4.78 is 0. The number of piperidine rings is 1. The van der Waals surface area contributed by atoms with E-state index in [2.05, 4.69) is 16.0 Å². The van der Waals surface area contributed by atoms with Gasteiger partial charge in [0.15, 0.2) is 0 Å². The molecule has 2 unspecified atom stereocenters. The third kappa shape index (κ3) is 2.23. The molecule has 18 heavy (non-hydrogen) atoms. The molecule has 0 aromatic carbocycles. The molecule has 1 aromatic heterocycles. The van der Waals surface area contributed by atoms with E-state index in [0.717, 1.165) is 18.3 Å². The molecule has 0 N–H and O–H groups in total. The molecule has 0 amide bonds. The summed E-state index contributed by atoms with van der Waals surface area (Å²) >= 11 is 6.06. The molecule has 98 valence electrons. The second-order valence-corrected chi connectivity index (χ2v) is 5.83. The molecule has 1 saturated heterocycles. The Kier molecular flexibility index (Phi) is 3.74. The Bertz CT molecular complexity index is 405. The maximum absolute atomic E-state index is 6.06. The SMILES string of the molecule is ClCc1cccnc1N1CCCC2CCCCC21. The molecular formula is C15H21ClN2. The summed E-state index contributed by atoms with van der Waals surface area (Å²) in [4.78, 5) is 7.15. The molecule has 1 aromatic rings. The van der Waals surface area contributed by atoms with Crippen molar-refractivity contribution >= 4 is 17.4 Å². The van der Waals surface area contributed by atoms with E-state index in [9.17, 15) is 0 Å². The summed E-state index contributed by atoms with van der Waals surface area (Å²) in [5, 5.41) is 0. The minimum atomic E-state index is 0.567. The van der Waals surface area contributed by atoms with Gasteiger partial charge in [0.25, 0.3) is 0 Å². The summed E-state index contributed by atoms with van der Waals surface area (Å²) in [7, 11) is 0. The Balaban J connectivity index is 1.89. The Morgan fingerprint density at radius 2 is 2.06 bits per heavy atom. The average Bonchev–Trinajstić information content (AvgIpc) is 2.46. The largest absolute Gasteiger partial charge is 0.353 e. The van der Waals surface area contributed by atoms with Crippen LogP contribution in [0.4, 0.5) is 5.82 Å². The summed E-state index contributed by atoms with van der Waals surface area (Å²) in [6, 6.07) is 4.81. The second kappa shape index (κ2) is 5.48. The maximum Gasteiger partial charge on any atom is 0.133 e. The number of rotatable bonds is 2. The van der Waals surface area contributed by atoms with Crippen LogP contribution in [0.1, 0.15) is 44.1 Å². The number of hydrogen-bond donors (Lipinski definition) is 0. The van der Waals surface area contributed by atoms with E-state index in [1.54, 1.807) is 0 Å². The van der Waals surface area contributed by atoms with E-state index in [-0.39, 0.29) is 0 Å². The molecule has 0 radical (unpaired) electrons. The van der Waals surface area contributed by atoms with Crippen molar-refractivity contribution in [3.8, 4) is 0 Å². The lowest BCUT2D eigenvalue weighted by Crippen LogP contribution is -2.47. The fourth-order valence-electron chi connectivity index (χ4n) is 3.68. The van der Waals surface area contributed by atoms with Crippen LogP contribution >= 0.6 is 11.6 Å². The van der Waals surface area contributed by atoms with Crippen molar-refractivity contribution in [2.24, 2.45) is 5.92 Å². The highest BCUT2D eigenvalue weighted by Gasteiger charge is 2.34. The number of aromatic nitrogens is 1. The van der Waals surface area contributed by atoms with E-state index < -0.39 is 0 Å². The molecule has 1 aliphatic carbocycles. The molecule has 2 nitrogen and oxygen atoms in total. The predicted molar refractivity (Wildman–Crippen MR) is 76.1 cm³/mol. The number of pyridine rings is 1. The van der Waals surface area contributed by atoms with Gasteiger partial charge in [-0.1, -0.05) is 18.9 Å². The normalized spacial score (nSPS) is 27.9.